The van der Waals surface area contributed by atoms with E-state index >= 15 is 0 Å². The molecule has 0 atom stereocenters. The number of nitrogens with two attached hydrogens (primary N) is 2. The summed E-state index contributed by atoms with van der Waals surface area (Å²) in [5.74, 6) is 0. The van der Waals surface area contributed by atoms with E-state index < -0.39 is 17.2 Å². The van der Waals surface area contributed by atoms with Crippen molar-refractivity contribution in [1.82, 2.24) is 0 Å². The van der Waals surface area contributed by atoms with Crippen molar-refractivity contribution >= 4 is 0 Å². The van der Waals surface area contributed by atoms with Crippen molar-refractivity contribution in [3.05, 3.63) is 34.4 Å². The fourth-order valence-corrected chi connectivity index (χ4v) is 2.47. The van der Waals surface area contributed by atoms with Gasteiger partial charge in [0.1, 0.15) is 0 Å². The second-order valence-corrected chi connectivity index (χ2v) is 6.38. The fraction of sp³-hybridized carbons (Fsp3) is 0.625. The summed E-state index contributed by atoms with van der Waals surface area (Å²) in [5, 5.41) is 0. The Morgan fingerprint density at radius 2 is 1.62 bits per heavy atom. The molecule has 0 aliphatic heterocycles. The predicted molar refractivity (Wildman–Crippen MR) is 80.0 cm³/mol. The van der Waals surface area contributed by atoms with Crippen LogP contribution in [0.25, 0.3) is 0 Å². The molecule has 0 spiro atoms. The molecule has 0 aliphatic rings. The van der Waals surface area contributed by atoms with Gasteiger partial charge in [0.05, 0.1) is 5.56 Å². The maximum atomic E-state index is 13.4. The van der Waals surface area contributed by atoms with Crippen LogP contribution in [0.15, 0.2) is 12.1 Å². The lowest BCUT2D eigenvalue weighted by Crippen LogP contribution is -2.23. The minimum Gasteiger partial charge on any atom is -0.330 e. The molecule has 0 aliphatic carbocycles. The van der Waals surface area contributed by atoms with Gasteiger partial charge in [-0.05, 0) is 47.9 Å². The topological polar surface area (TPSA) is 52.0 Å². The standard InChI is InChI=1S/C16H25F3N2/c1-15(2,3)13-9-11(6-4-5-7-20)8-12(10-21)14(13)16(17,18)19/h8-9H,4-7,10,20-21H2,1-3H3. The molecule has 21 heavy (non-hydrogen) atoms. The first kappa shape index (κ1) is 18.0. The molecule has 0 bridgehead atoms. The van der Waals surface area contributed by atoms with Gasteiger partial charge in [-0.25, -0.2) is 0 Å². The smallest absolute Gasteiger partial charge is 0.330 e. The fourth-order valence-electron chi connectivity index (χ4n) is 2.47. The first-order valence-corrected chi connectivity index (χ1v) is 7.25. The summed E-state index contributed by atoms with van der Waals surface area (Å²) in [7, 11) is 0. The first-order valence-electron chi connectivity index (χ1n) is 7.25. The molecule has 0 amide bonds. The number of aryl methyl sites for hydroxylation is 1. The third kappa shape index (κ3) is 4.71. The molecule has 0 heterocycles. The van der Waals surface area contributed by atoms with Crippen LogP contribution in [0, 0.1) is 0 Å². The molecule has 0 aromatic heterocycles. The molecule has 0 unspecified atom stereocenters. The van der Waals surface area contributed by atoms with Gasteiger partial charge in [0.2, 0.25) is 0 Å². The van der Waals surface area contributed by atoms with Crippen molar-refractivity contribution in [3.8, 4) is 0 Å². The molecule has 1 aromatic carbocycles. The lowest BCUT2D eigenvalue weighted by molar-refractivity contribution is -0.139. The molecular formula is C16H25F3N2. The van der Waals surface area contributed by atoms with Crippen molar-refractivity contribution in [3.63, 3.8) is 0 Å². The normalized spacial score (nSPS) is 12.8. The molecule has 120 valence electrons. The zero-order valence-corrected chi connectivity index (χ0v) is 13.0. The molecule has 2 nitrogen and oxygen atoms in total. The third-order valence-electron chi connectivity index (χ3n) is 3.51. The Hall–Kier alpha value is -1.07. The number of rotatable bonds is 5. The van der Waals surface area contributed by atoms with Crippen LogP contribution in [0.4, 0.5) is 13.2 Å². The first-order chi connectivity index (χ1) is 9.61. The summed E-state index contributed by atoms with van der Waals surface area (Å²) >= 11 is 0. The van der Waals surface area contributed by atoms with Crippen LogP contribution < -0.4 is 11.5 Å². The summed E-state index contributed by atoms with van der Waals surface area (Å²) in [6.45, 7) is 5.86. The summed E-state index contributed by atoms with van der Waals surface area (Å²) in [6.07, 6.45) is -1.92. The number of benzene rings is 1. The summed E-state index contributed by atoms with van der Waals surface area (Å²) in [6, 6.07) is 3.27. The lowest BCUT2D eigenvalue weighted by Gasteiger charge is -2.27. The quantitative estimate of drug-likeness (QED) is 0.814. The van der Waals surface area contributed by atoms with Gasteiger partial charge >= 0.3 is 6.18 Å². The summed E-state index contributed by atoms with van der Waals surface area (Å²) in [4.78, 5) is 0. The van der Waals surface area contributed by atoms with Gasteiger partial charge in [0.25, 0.3) is 0 Å². The van der Waals surface area contributed by atoms with Gasteiger partial charge in [0, 0.05) is 6.54 Å². The number of unbranched alkanes of at least 4 members (excludes halogenated alkanes) is 1. The SMILES string of the molecule is CC(C)(C)c1cc(CCCCN)cc(CN)c1C(F)(F)F. The predicted octanol–water partition coefficient (Wildman–Crippen LogP) is 3.74. The van der Waals surface area contributed by atoms with Gasteiger partial charge < -0.3 is 11.5 Å². The average molecular weight is 302 g/mol. The van der Waals surface area contributed by atoms with Gasteiger partial charge in [-0.15, -0.1) is 0 Å². The van der Waals surface area contributed by atoms with Crippen molar-refractivity contribution in [2.45, 2.75) is 58.2 Å². The summed E-state index contributed by atoms with van der Waals surface area (Å²) < 4.78 is 40.2. The van der Waals surface area contributed by atoms with E-state index in [4.69, 9.17) is 11.5 Å². The van der Waals surface area contributed by atoms with Gasteiger partial charge in [0.15, 0.2) is 0 Å². The molecule has 0 saturated heterocycles. The maximum Gasteiger partial charge on any atom is 0.417 e. The largest absolute Gasteiger partial charge is 0.417 e. The van der Waals surface area contributed by atoms with Crippen LogP contribution in [0.2, 0.25) is 0 Å². The Labute approximate surface area is 124 Å². The summed E-state index contributed by atoms with van der Waals surface area (Å²) in [5.41, 5.74) is 11.3. The van der Waals surface area contributed by atoms with Crippen molar-refractivity contribution < 1.29 is 13.2 Å². The number of halogens is 3. The average Bonchev–Trinajstić information content (AvgIpc) is 2.35. The lowest BCUT2D eigenvalue weighted by atomic mass is 9.80. The van der Waals surface area contributed by atoms with E-state index in [1.807, 2.05) is 0 Å². The Morgan fingerprint density at radius 3 is 2.05 bits per heavy atom. The molecule has 5 heteroatoms. The Bertz CT molecular complexity index is 474. The second kappa shape index (κ2) is 6.79. The van der Waals surface area contributed by atoms with E-state index in [1.54, 1.807) is 32.9 Å². The highest BCUT2D eigenvalue weighted by Crippen LogP contribution is 2.40. The highest BCUT2D eigenvalue weighted by Gasteiger charge is 2.38. The van der Waals surface area contributed by atoms with E-state index in [2.05, 4.69) is 0 Å². The van der Waals surface area contributed by atoms with Crippen LogP contribution in [-0.2, 0) is 24.6 Å². The van der Waals surface area contributed by atoms with Gasteiger partial charge in [-0.2, -0.15) is 13.2 Å². The molecule has 4 N–H and O–H groups in total. The van der Waals surface area contributed by atoms with E-state index in [0.29, 0.717) is 12.1 Å². The highest BCUT2D eigenvalue weighted by molar-refractivity contribution is 5.44. The van der Waals surface area contributed by atoms with Crippen LogP contribution in [0.3, 0.4) is 0 Å². The van der Waals surface area contributed by atoms with Crippen LogP contribution in [-0.4, -0.2) is 6.54 Å². The van der Waals surface area contributed by atoms with E-state index in [-0.39, 0.29) is 12.1 Å². The number of hydrogen-bond donors (Lipinski definition) is 2. The van der Waals surface area contributed by atoms with E-state index in [9.17, 15) is 13.2 Å². The minimum absolute atomic E-state index is 0.108. The Kier molecular flexibility index (Phi) is 5.82. The minimum atomic E-state index is -4.38. The molecule has 1 rings (SSSR count). The van der Waals surface area contributed by atoms with E-state index in [1.165, 1.54) is 0 Å². The Balaban J connectivity index is 3.37. The van der Waals surface area contributed by atoms with Crippen molar-refractivity contribution in [1.29, 1.82) is 0 Å². The maximum absolute atomic E-state index is 13.4. The molecule has 0 radical (unpaired) electrons. The third-order valence-corrected chi connectivity index (χ3v) is 3.51. The van der Waals surface area contributed by atoms with Crippen LogP contribution in [0.5, 0.6) is 0 Å². The van der Waals surface area contributed by atoms with Crippen LogP contribution >= 0.6 is 0 Å². The Morgan fingerprint density at radius 1 is 1.00 bits per heavy atom. The zero-order valence-electron chi connectivity index (χ0n) is 13.0. The van der Waals surface area contributed by atoms with E-state index in [0.717, 1.165) is 24.8 Å². The van der Waals surface area contributed by atoms with Crippen LogP contribution in [0.1, 0.15) is 55.9 Å². The molecule has 1 aromatic rings. The van der Waals surface area contributed by atoms with Gasteiger partial charge in [-0.3, -0.25) is 0 Å². The van der Waals surface area contributed by atoms with Crippen molar-refractivity contribution in [2.75, 3.05) is 6.54 Å². The zero-order chi connectivity index (χ0) is 16.3. The molecule has 0 saturated carbocycles. The number of alkyl halides is 3. The highest BCUT2D eigenvalue weighted by atomic mass is 19.4. The monoisotopic (exact) mass is 302 g/mol. The molecular weight excluding hydrogens is 277 g/mol. The second-order valence-electron chi connectivity index (χ2n) is 6.38. The number of hydrogen-bond acceptors (Lipinski definition) is 2. The molecule has 0 fully saturated rings. The van der Waals surface area contributed by atoms with Crippen molar-refractivity contribution in [2.24, 2.45) is 11.5 Å². The van der Waals surface area contributed by atoms with Gasteiger partial charge in [-0.1, -0.05) is 32.9 Å².